The van der Waals surface area contributed by atoms with Gasteiger partial charge in [0.2, 0.25) is 5.91 Å². The number of Topliss-reactive ketones (excluding diaryl/α,β-unsaturated/α-hetero) is 1. The number of nitrogens with one attached hydrogen (secondary N) is 1. The maximum Gasteiger partial charge on any atom is 0.408 e. The van der Waals surface area contributed by atoms with Gasteiger partial charge in [-0.05, 0) is 31.2 Å². The van der Waals surface area contributed by atoms with Crippen LogP contribution in [0.3, 0.4) is 0 Å². The van der Waals surface area contributed by atoms with Crippen molar-refractivity contribution in [2.75, 3.05) is 6.54 Å². The van der Waals surface area contributed by atoms with Gasteiger partial charge in [-0.15, -0.1) is 0 Å². The van der Waals surface area contributed by atoms with Crippen LogP contribution in [0.25, 0.3) is 0 Å². The van der Waals surface area contributed by atoms with Crippen molar-refractivity contribution in [3.63, 3.8) is 0 Å². The number of benzene rings is 1. The molecule has 0 saturated carbocycles. The quantitative estimate of drug-likeness (QED) is 0.859. The fourth-order valence-corrected chi connectivity index (χ4v) is 3.04. The highest BCUT2D eigenvalue weighted by atomic mass is 16.5. The Morgan fingerprint density at radius 2 is 1.92 bits per heavy atom. The molecule has 0 aromatic heterocycles. The van der Waals surface area contributed by atoms with Gasteiger partial charge in [0.05, 0.1) is 6.04 Å². The second-order valence-electron chi connectivity index (χ2n) is 6.73. The summed E-state index contributed by atoms with van der Waals surface area (Å²) in [5, 5.41) is 2.66. The van der Waals surface area contributed by atoms with Crippen molar-refractivity contribution in [1.82, 2.24) is 10.2 Å². The van der Waals surface area contributed by atoms with Crippen LogP contribution >= 0.6 is 0 Å². The van der Waals surface area contributed by atoms with Crippen LogP contribution in [0.15, 0.2) is 30.3 Å². The van der Waals surface area contributed by atoms with E-state index in [0.29, 0.717) is 13.0 Å². The first-order chi connectivity index (χ1) is 11.9. The second kappa shape index (κ2) is 8.65. The number of hydrogen-bond acceptors (Lipinski definition) is 4. The molecule has 1 fully saturated rings. The number of nitrogens with zero attached hydrogens (tertiary/aromatic N) is 1. The van der Waals surface area contributed by atoms with Gasteiger partial charge in [-0.25, -0.2) is 4.79 Å². The number of rotatable bonds is 6. The Bertz CT molecular complexity index is 615. The van der Waals surface area contributed by atoms with Crippen LogP contribution in [-0.2, 0) is 20.9 Å². The van der Waals surface area contributed by atoms with E-state index in [4.69, 9.17) is 4.74 Å². The zero-order valence-corrected chi connectivity index (χ0v) is 15.0. The second-order valence-corrected chi connectivity index (χ2v) is 6.73. The smallest absolute Gasteiger partial charge is 0.408 e. The molecule has 2 rings (SSSR count). The van der Waals surface area contributed by atoms with E-state index in [2.05, 4.69) is 5.32 Å². The van der Waals surface area contributed by atoms with Crippen molar-refractivity contribution in [2.24, 2.45) is 5.92 Å². The molecule has 1 heterocycles. The largest absolute Gasteiger partial charge is 0.445 e. The average Bonchev–Trinajstić information content (AvgIpc) is 3.08. The Hall–Kier alpha value is -2.37. The number of alkyl carbamates (subject to hydrolysis) is 1. The van der Waals surface area contributed by atoms with Crippen LogP contribution in [0, 0.1) is 5.92 Å². The van der Waals surface area contributed by atoms with Gasteiger partial charge in [0.15, 0.2) is 5.78 Å². The lowest BCUT2D eigenvalue weighted by Crippen LogP contribution is -2.53. The minimum absolute atomic E-state index is 0.0139. The van der Waals surface area contributed by atoms with E-state index in [9.17, 15) is 14.4 Å². The van der Waals surface area contributed by atoms with Crippen LogP contribution in [0.2, 0.25) is 0 Å². The van der Waals surface area contributed by atoms with E-state index >= 15 is 0 Å². The van der Waals surface area contributed by atoms with E-state index in [1.54, 1.807) is 4.90 Å². The molecule has 1 N–H and O–H groups in total. The Labute approximate surface area is 148 Å². The van der Waals surface area contributed by atoms with Crippen LogP contribution in [-0.4, -0.2) is 41.3 Å². The molecule has 136 valence electrons. The van der Waals surface area contributed by atoms with Gasteiger partial charge in [-0.2, -0.15) is 0 Å². The normalized spacial score (nSPS) is 18.1. The van der Waals surface area contributed by atoms with Gasteiger partial charge in [0.25, 0.3) is 0 Å². The zero-order valence-electron chi connectivity index (χ0n) is 15.0. The van der Waals surface area contributed by atoms with E-state index in [1.165, 1.54) is 6.92 Å². The molecule has 1 saturated heterocycles. The maximum absolute atomic E-state index is 12.8. The number of ketones is 1. The number of carbonyl (C=O) groups excluding carboxylic acids is 3. The first kappa shape index (κ1) is 19.0. The fraction of sp³-hybridized carbons (Fsp3) is 0.526. The lowest BCUT2D eigenvalue weighted by molar-refractivity contribution is -0.139. The summed E-state index contributed by atoms with van der Waals surface area (Å²) in [6.07, 6.45) is 0.860. The van der Waals surface area contributed by atoms with Crippen molar-refractivity contribution in [3.05, 3.63) is 35.9 Å². The predicted molar refractivity (Wildman–Crippen MR) is 93.8 cm³/mol. The topological polar surface area (TPSA) is 75.7 Å². The average molecular weight is 346 g/mol. The number of carbonyl (C=O) groups is 3. The lowest BCUT2D eigenvalue weighted by atomic mass is 10.0. The van der Waals surface area contributed by atoms with Crippen molar-refractivity contribution in [1.29, 1.82) is 0 Å². The molecule has 0 radical (unpaired) electrons. The molecule has 6 nitrogen and oxygen atoms in total. The first-order valence-corrected chi connectivity index (χ1v) is 8.68. The Balaban J connectivity index is 1.96. The molecule has 0 bridgehead atoms. The summed E-state index contributed by atoms with van der Waals surface area (Å²) in [5.41, 5.74) is 0.876. The fourth-order valence-electron chi connectivity index (χ4n) is 3.04. The predicted octanol–water partition coefficient (Wildman–Crippen LogP) is 2.52. The minimum Gasteiger partial charge on any atom is -0.445 e. The van der Waals surface area contributed by atoms with Crippen molar-refractivity contribution in [2.45, 2.75) is 52.3 Å². The summed E-state index contributed by atoms with van der Waals surface area (Å²) in [6, 6.07) is 8.26. The molecule has 0 unspecified atom stereocenters. The van der Waals surface area contributed by atoms with Gasteiger partial charge >= 0.3 is 6.09 Å². The number of likely N-dealkylation sites (tertiary alicyclic amines) is 1. The molecule has 1 aliphatic heterocycles. The van der Waals surface area contributed by atoms with Crippen LogP contribution < -0.4 is 5.32 Å². The molecular weight excluding hydrogens is 320 g/mol. The third-order valence-electron chi connectivity index (χ3n) is 4.42. The first-order valence-electron chi connectivity index (χ1n) is 8.68. The molecule has 1 aliphatic rings. The maximum atomic E-state index is 12.8. The summed E-state index contributed by atoms with van der Waals surface area (Å²) >= 11 is 0. The van der Waals surface area contributed by atoms with Gasteiger partial charge in [-0.3, -0.25) is 9.59 Å². The number of ether oxygens (including phenoxy) is 1. The third-order valence-corrected chi connectivity index (χ3v) is 4.42. The minimum atomic E-state index is -0.705. The summed E-state index contributed by atoms with van der Waals surface area (Å²) in [6.45, 7) is 5.92. The molecule has 2 atom stereocenters. The highest BCUT2D eigenvalue weighted by Gasteiger charge is 2.37. The Kier molecular flexibility index (Phi) is 6.56. The lowest BCUT2D eigenvalue weighted by Gasteiger charge is -2.29. The highest BCUT2D eigenvalue weighted by molar-refractivity contribution is 5.91. The summed E-state index contributed by atoms with van der Waals surface area (Å²) in [7, 11) is 0. The molecule has 2 amide bonds. The molecule has 25 heavy (non-hydrogen) atoms. The Morgan fingerprint density at radius 3 is 2.52 bits per heavy atom. The molecule has 0 spiro atoms. The number of amides is 2. The standard InChI is InChI=1S/C19H26N2O4/c1-13(2)17(18(23)21-11-7-10-16(21)14(3)22)20-19(24)25-12-15-8-5-4-6-9-15/h4-6,8-9,13,16-17H,7,10-12H2,1-3H3,(H,20,24)/t16-,17-/m0/s1. The third kappa shape index (κ3) is 5.05. The van der Waals surface area contributed by atoms with Gasteiger partial charge < -0.3 is 15.0 Å². The van der Waals surface area contributed by atoms with E-state index < -0.39 is 12.1 Å². The molecule has 1 aromatic carbocycles. The van der Waals surface area contributed by atoms with Crippen molar-refractivity contribution >= 4 is 17.8 Å². The number of hydrogen-bond donors (Lipinski definition) is 1. The molecule has 0 aliphatic carbocycles. The van der Waals surface area contributed by atoms with Crippen LogP contribution in [0.4, 0.5) is 4.79 Å². The van der Waals surface area contributed by atoms with E-state index in [-0.39, 0.29) is 30.3 Å². The Morgan fingerprint density at radius 1 is 1.24 bits per heavy atom. The zero-order chi connectivity index (χ0) is 18.4. The summed E-state index contributed by atoms with van der Waals surface area (Å²) < 4.78 is 5.21. The van der Waals surface area contributed by atoms with Gasteiger partial charge in [-0.1, -0.05) is 44.2 Å². The molecule has 6 heteroatoms. The highest BCUT2D eigenvalue weighted by Crippen LogP contribution is 2.20. The van der Waals surface area contributed by atoms with Crippen LogP contribution in [0.1, 0.15) is 39.2 Å². The van der Waals surface area contributed by atoms with Crippen molar-refractivity contribution in [3.8, 4) is 0 Å². The van der Waals surface area contributed by atoms with E-state index in [0.717, 1.165) is 12.0 Å². The molecular formula is C19H26N2O4. The summed E-state index contributed by atoms with van der Waals surface area (Å²) in [5.74, 6) is -0.339. The van der Waals surface area contributed by atoms with Gasteiger partial charge in [0.1, 0.15) is 12.6 Å². The SMILES string of the molecule is CC(=O)[C@@H]1CCCN1C(=O)[C@@H](NC(=O)OCc1ccccc1)C(C)C. The monoisotopic (exact) mass is 346 g/mol. The summed E-state index contributed by atoms with van der Waals surface area (Å²) in [4.78, 5) is 38.2. The van der Waals surface area contributed by atoms with Gasteiger partial charge in [0, 0.05) is 6.54 Å². The molecule has 1 aromatic rings. The van der Waals surface area contributed by atoms with Crippen LogP contribution in [0.5, 0.6) is 0 Å². The van der Waals surface area contributed by atoms with E-state index in [1.807, 2.05) is 44.2 Å². The van der Waals surface area contributed by atoms with Crippen molar-refractivity contribution < 1.29 is 19.1 Å².